The van der Waals surface area contributed by atoms with Gasteiger partial charge in [-0.1, -0.05) is 50.6 Å². The van der Waals surface area contributed by atoms with E-state index < -0.39 is 0 Å². The Morgan fingerprint density at radius 1 is 1.25 bits per heavy atom. The van der Waals surface area contributed by atoms with Crippen molar-refractivity contribution in [1.29, 1.82) is 0 Å². The van der Waals surface area contributed by atoms with Gasteiger partial charge in [-0.05, 0) is 37.5 Å². The fourth-order valence-corrected chi connectivity index (χ4v) is 3.15. The quantitative estimate of drug-likeness (QED) is 0.547. The van der Waals surface area contributed by atoms with Crippen LogP contribution in [0.1, 0.15) is 45.6 Å². The molecule has 0 fully saturated rings. The Balaban J connectivity index is 1.90. The topological polar surface area (TPSA) is 59.8 Å². The highest BCUT2D eigenvalue weighted by Crippen LogP contribution is 2.22. The fourth-order valence-electron chi connectivity index (χ4n) is 2.30. The number of hydrogen-bond donors (Lipinski definition) is 1. The zero-order chi connectivity index (χ0) is 17.4. The molecule has 0 aliphatic rings. The Kier molecular flexibility index (Phi) is 7.31. The van der Waals surface area contributed by atoms with Crippen LogP contribution in [0.2, 0.25) is 0 Å². The minimum absolute atomic E-state index is 0.0210. The molecule has 1 amide bonds. The predicted molar refractivity (Wildman–Crippen MR) is 99.3 cm³/mol. The Morgan fingerprint density at radius 3 is 2.67 bits per heavy atom. The molecule has 1 heterocycles. The monoisotopic (exact) mass is 346 g/mol. The Morgan fingerprint density at radius 2 is 2.00 bits per heavy atom. The van der Waals surface area contributed by atoms with Crippen molar-refractivity contribution in [3.05, 3.63) is 36.2 Å². The number of nitrogens with zero attached hydrogens (tertiary/aromatic N) is 3. The number of aryl methyl sites for hydroxylation is 2. The molecular formula is C18H26N4OS. The summed E-state index contributed by atoms with van der Waals surface area (Å²) >= 11 is 1.45. The van der Waals surface area contributed by atoms with Gasteiger partial charge in [-0.2, -0.15) is 0 Å². The van der Waals surface area contributed by atoms with Crippen LogP contribution in [-0.2, 0) is 17.8 Å². The van der Waals surface area contributed by atoms with Crippen molar-refractivity contribution in [2.24, 2.45) is 0 Å². The van der Waals surface area contributed by atoms with E-state index in [1.807, 2.05) is 35.8 Å². The van der Waals surface area contributed by atoms with Crippen LogP contribution in [0.4, 0.5) is 5.69 Å². The van der Waals surface area contributed by atoms with Crippen LogP contribution in [0.3, 0.4) is 0 Å². The number of nitrogens with one attached hydrogen (secondary N) is 1. The highest BCUT2D eigenvalue weighted by Gasteiger charge is 2.18. The average Bonchev–Trinajstić information content (AvgIpc) is 3.03. The molecule has 0 aliphatic heterocycles. The normalized spacial score (nSPS) is 12.1. The summed E-state index contributed by atoms with van der Waals surface area (Å²) in [5.41, 5.74) is 2.09. The number of benzene rings is 1. The highest BCUT2D eigenvalue weighted by atomic mass is 32.2. The number of aromatic nitrogens is 3. The van der Waals surface area contributed by atoms with Crippen molar-refractivity contribution in [2.75, 3.05) is 5.32 Å². The van der Waals surface area contributed by atoms with E-state index in [9.17, 15) is 4.79 Å². The van der Waals surface area contributed by atoms with Crippen molar-refractivity contribution < 1.29 is 4.79 Å². The first-order valence-corrected chi connectivity index (χ1v) is 9.46. The van der Waals surface area contributed by atoms with Gasteiger partial charge in [0.15, 0.2) is 5.16 Å². The zero-order valence-corrected chi connectivity index (χ0v) is 15.5. The minimum Gasteiger partial charge on any atom is -0.325 e. The fraction of sp³-hybridized carbons (Fsp3) is 0.500. The second-order valence-electron chi connectivity index (χ2n) is 5.81. The molecule has 0 radical (unpaired) electrons. The number of carbonyl (C=O) groups is 1. The number of hydrogen-bond acceptors (Lipinski definition) is 4. The Bertz CT molecular complexity index is 639. The number of amides is 1. The first kappa shape index (κ1) is 18.5. The van der Waals surface area contributed by atoms with E-state index in [4.69, 9.17) is 0 Å². The molecule has 2 aromatic rings. The zero-order valence-electron chi connectivity index (χ0n) is 14.7. The standard InChI is InChI=1S/C18H26N4OS/c1-4-6-7-12-22-13-19-21-18(22)24-14(3)17(23)20-16-10-8-15(5-2)9-11-16/h8-11,13-14H,4-7,12H2,1-3H3,(H,20,23)/t14-/m0/s1. The number of unbranched alkanes of at least 4 members (excludes halogenated alkanes) is 2. The van der Waals surface area contributed by atoms with Crippen LogP contribution in [-0.4, -0.2) is 25.9 Å². The summed E-state index contributed by atoms with van der Waals surface area (Å²) in [5, 5.41) is 11.6. The van der Waals surface area contributed by atoms with Crippen molar-refractivity contribution in [1.82, 2.24) is 14.8 Å². The predicted octanol–water partition coefficient (Wildman–Crippen LogP) is 4.15. The molecule has 0 spiro atoms. The van der Waals surface area contributed by atoms with Gasteiger partial charge in [-0.25, -0.2) is 0 Å². The lowest BCUT2D eigenvalue weighted by Gasteiger charge is -2.12. The van der Waals surface area contributed by atoms with E-state index in [0.717, 1.165) is 30.2 Å². The van der Waals surface area contributed by atoms with E-state index in [1.165, 1.54) is 30.2 Å². The number of rotatable bonds is 9. The Labute approximate surface area is 148 Å². The minimum atomic E-state index is -0.232. The molecule has 1 N–H and O–H groups in total. The Hall–Kier alpha value is -1.82. The van der Waals surface area contributed by atoms with Crippen molar-refractivity contribution in [2.45, 2.75) is 63.4 Å². The summed E-state index contributed by atoms with van der Waals surface area (Å²) in [4.78, 5) is 12.4. The molecule has 24 heavy (non-hydrogen) atoms. The smallest absolute Gasteiger partial charge is 0.237 e. The van der Waals surface area contributed by atoms with Gasteiger partial charge in [0.25, 0.3) is 0 Å². The third-order valence-electron chi connectivity index (χ3n) is 3.86. The molecule has 1 aromatic carbocycles. The number of anilines is 1. The molecule has 0 saturated heterocycles. The maximum absolute atomic E-state index is 12.4. The van der Waals surface area contributed by atoms with Gasteiger partial charge in [-0.15, -0.1) is 10.2 Å². The molecule has 0 aliphatic carbocycles. The molecule has 130 valence electrons. The van der Waals surface area contributed by atoms with Crippen LogP contribution >= 0.6 is 11.8 Å². The van der Waals surface area contributed by atoms with E-state index in [0.29, 0.717) is 0 Å². The van der Waals surface area contributed by atoms with Crippen molar-refractivity contribution in [3.63, 3.8) is 0 Å². The SMILES string of the molecule is CCCCCn1cnnc1S[C@@H](C)C(=O)Nc1ccc(CC)cc1. The van der Waals surface area contributed by atoms with Gasteiger partial charge in [0, 0.05) is 12.2 Å². The summed E-state index contributed by atoms with van der Waals surface area (Å²) < 4.78 is 2.03. The second kappa shape index (κ2) is 9.47. The summed E-state index contributed by atoms with van der Waals surface area (Å²) in [6, 6.07) is 7.97. The third-order valence-corrected chi connectivity index (χ3v) is 4.96. The van der Waals surface area contributed by atoms with Gasteiger partial charge in [0.1, 0.15) is 6.33 Å². The molecule has 6 heteroatoms. The molecule has 2 rings (SSSR count). The van der Waals surface area contributed by atoms with Gasteiger partial charge in [0.2, 0.25) is 5.91 Å². The summed E-state index contributed by atoms with van der Waals surface area (Å²) in [6.45, 7) is 7.09. The largest absolute Gasteiger partial charge is 0.325 e. The lowest BCUT2D eigenvalue weighted by Crippen LogP contribution is -2.23. The molecule has 1 aromatic heterocycles. The number of carbonyl (C=O) groups excluding carboxylic acids is 1. The molecule has 5 nitrogen and oxygen atoms in total. The molecule has 0 bridgehead atoms. The molecular weight excluding hydrogens is 320 g/mol. The van der Waals surface area contributed by atoms with Crippen molar-refractivity contribution >= 4 is 23.4 Å². The summed E-state index contributed by atoms with van der Waals surface area (Å²) in [5.74, 6) is -0.0210. The van der Waals surface area contributed by atoms with E-state index in [2.05, 4.69) is 29.4 Å². The first-order valence-electron chi connectivity index (χ1n) is 8.58. The van der Waals surface area contributed by atoms with Crippen LogP contribution < -0.4 is 5.32 Å². The highest BCUT2D eigenvalue weighted by molar-refractivity contribution is 8.00. The van der Waals surface area contributed by atoms with Gasteiger partial charge in [0.05, 0.1) is 5.25 Å². The third kappa shape index (κ3) is 5.37. The summed E-state index contributed by atoms with van der Waals surface area (Å²) in [7, 11) is 0. The lowest BCUT2D eigenvalue weighted by atomic mass is 10.1. The molecule has 1 atom stereocenters. The average molecular weight is 347 g/mol. The van der Waals surface area contributed by atoms with Crippen LogP contribution in [0.25, 0.3) is 0 Å². The lowest BCUT2D eigenvalue weighted by molar-refractivity contribution is -0.115. The van der Waals surface area contributed by atoms with E-state index in [-0.39, 0.29) is 11.2 Å². The second-order valence-corrected chi connectivity index (χ2v) is 7.12. The first-order chi connectivity index (χ1) is 11.6. The van der Waals surface area contributed by atoms with Gasteiger partial charge in [-0.3, -0.25) is 4.79 Å². The van der Waals surface area contributed by atoms with E-state index in [1.54, 1.807) is 6.33 Å². The molecule has 0 saturated carbocycles. The maximum Gasteiger partial charge on any atom is 0.237 e. The van der Waals surface area contributed by atoms with Crippen LogP contribution in [0.15, 0.2) is 35.7 Å². The van der Waals surface area contributed by atoms with Gasteiger partial charge >= 0.3 is 0 Å². The van der Waals surface area contributed by atoms with Gasteiger partial charge < -0.3 is 9.88 Å². The number of thioether (sulfide) groups is 1. The maximum atomic E-state index is 12.4. The van der Waals surface area contributed by atoms with E-state index >= 15 is 0 Å². The molecule has 0 unspecified atom stereocenters. The van der Waals surface area contributed by atoms with Crippen LogP contribution in [0.5, 0.6) is 0 Å². The van der Waals surface area contributed by atoms with Crippen LogP contribution in [0, 0.1) is 0 Å². The van der Waals surface area contributed by atoms with Crippen molar-refractivity contribution in [3.8, 4) is 0 Å². The summed E-state index contributed by atoms with van der Waals surface area (Å²) in [6.07, 6.45) is 6.21.